The third-order valence-electron chi connectivity index (χ3n) is 3.45. The molecule has 0 bridgehead atoms. The minimum absolute atomic E-state index is 0.134. The molecule has 20 heavy (non-hydrogen) atoms. The van der Waals surface area contributed by atoms with Gasteiger partial charge in [-0.15, -0.1) is 0 Å². The maximum Gasteiger partial charge on any atom is 0.0569 e. The van der Waals surface area contributed by atoms with Crippen LogP contribution in [0.2, 0.25) is 0 Å². The van der Waals surface area contributed by atoms with Crippen LogP contribution in [0.3, 0.4) is 0 Å². The van der Waals surface area contributed by atoms with Gasteiger partial charge < -0.3 is 5.73 Å². The first-order valence-electron chi connectivity index (χ1n) is 6.35. The van der Waals surface area contributed by atoms with Crippen LogP contribution in [-0.4, -0.2) is 0 Å². The van der Waals surface area contributed by atoms with Crippen molar-refractivity contribution in [3.8, 4) is 0 Å². The Morgan fingerprint density at radius 2 is 1.65 bits per heavy atom. The summed E-state index contributed by atoms with van der Waals surface area (Å²) >= 11 is 5.93. The summed E-state index contributed by atoms with van der Waals surface area (Å²) in [6.07, 6.45) is 0. The molecule has 1 atom stereocenters. The summed E-state index contributed by atoms with van der Waals surface area (Å²) < 4.78 is 2.25. The smallest absolute Gasteiger partial charge is 0.0569 e. The highest BCUT2D eigenvalue weighted by molar-refractivity contribution is 14.1. The normalized spacial score (nSPS) is 12.6. The molecule has 3 aromatic carbocycles. The van der Waals surface area contributed by atoms with Gasteiger partial charge in [-0.05, 0) is 62.7 Å². The molecule has 0 saturated carbocycles. The Hall–Kier alpha value is -0.910. The van der Waals surface area contributed by atoms with Crippen LogP contribution < -0.4 is 5.73 Å². The van der Waals surface area contributed by atoms with Crippen LogP contribution in [0, 0.1) is 3.57 Å². The van der Waals surface area contributed by atoms with Gasteiger partial charge in [-0.2, -0.15) is 0 Å². The first kappa shape index (κ1) is 14.0. The van der Waals surface area contributed by atoms with Crippen molar-refractivity contribution in [3.05, 3.63) is 79.8 Å². The SMILES string of the molecule is NC(c1cc(I)ccc1Br)c1cccc2ccccc12. The van der Waals surface area contributed by atoms with Gasteiger partial charge in [0.15, 0.2) is 0 Å². The molecule has 0 aliphatic heterocycles. The number of benzene rings is 3. The van der Waals surface area contributed by atoms with Crippen LogP contribution in [-0.2, 0) is 0 Å². The Balaban J connectivity index is 2.17. The summed E-state index contributed by atoms with van der Waals surface area (Å²) in [6.45, 7) is 0. The summed E-state index contributed by atoms with van der Waals surface area (Å²) in [4.78, 5) is 0. The fraction of sp³-hybridized carbons (Fsp3) is 0.0588. The molecular formula is C17H13BrIN. The first-order chi connectivity index (χ1) is 9.66. The standard InChI is InChI=1S/C17H13BrIN/c18-16-9-8-12(19)10-15(16)17(20)14-7-3-5-11-4-1-2-6-13(11)14/h1-10,17H,20H2. The molecule has 0 aliphatic rings. The number of nitrogens with two attached hydrogens (primary N) is 1. The van der Waals surface area contributed by atoms with E-state index in [2.05, 4.69) is 99.2 Å². The molecule has 0 saturated heterocycles. The average molecular weight is 438 g/mol. The highest BCUT2D eigenvalue weighted by Gasteiger charge is 2.15. The molecule has 0 amide bonds. The van der Waals surface area contributed by atoms with Gasteiger partial charge in [-0.25, -0.2) is 0 Å². The Morgan fingerprint density at radius 3 is 2.50 bits per heavy atom. The lowest BCUT2D eigenvalue weighted by atomic mass is 9.94. The van der Waals surface area contributed by atoms with Gasteiger partial charge in [0.05, 0.1) is 6.04 Å². The molecular weight excluding hydrogens is 425 g/mol. The molecule has 3 heteroatoms. The van der Waals surface area contributed by atoms with Crippen molar-refractivity contribution in [1.29, 1.82) is 0 Å². The van der Waals surface area contributed by atoms with E-state index in [1.165, 1.54) is 14.3 Å². The molecule has 3 aromatic rings. The van der Waals surface area contributed by atoms with Crippen LogP contribution in [0.4, 0.5) is 0 Å². The van der Waals surface area contributed by atoms with Gasteiger partial charge in [0, 0.05) is 8.04 Å². The van der Waals surface area contributed by atoms with Gasteiger partial charge in [-0.1, -0.05) is 58.4 Å². The zero-order valence-electron chi connectivity index (χ0n) is 10.7. The number of fused-ring (bicyclic) bond motifs is 1. The number of hydrogen-bond donors (Lipinski definition) is 1. The summed E-state index contributed by atoms with van der Waals surface area (Å²) in [7, 11) is 0. The van der Waals surface area contributed by atoms with Crippen LogP contribution in [0.25, 0.3) is 10.8 Å². The van der Waals surface area contributed by atoms with Crippen molar-refractivity contribution in [3.63, 3.8) is 0 Å². The molecule has 0 aliphatic carbocycles. The van der Waals surface area contributed by atoms with Gasteiger partial charge in [0.2, 0.25) is 0 Å². The third-order valence-corrected chi connectivity index (χ3v) is 4.84. The van der Waals surface area contributed by atoms with Crippen LogP contribution in [0.5, 0.6) is 0 Å². The van der Waals surface area contributed by atoms with Gasteiger partial charge in [-0.3, -0.25) is 0 Å². The molecule has 2 N–H and O–H groups in total. The third kappa shape index (κ3) is 2.62. The Morgan fingerprint density at radius 1 is 0.900 bits per heavy atom. The van der Waals surface area contributed by atoms with Crippen LogP contribution >= 0.6 is 38.5 Å². The summed E-state index contributed by atoms with van der Waals surface area (Å²) in [5.41, 5.74) is 8.80. The second-order valence-corrected chi connectivity index (χ2v) is 6.81. The molecule has 3 rings (SSSR count). The Bertz CT molecular complexity index is 765. The van der Waals surface area contributed by atoms with E-state index >= 15 is 0 Å². The number of hydrogen-bond acceptors (Lipinski definition) is 1. The highest BCUT2D eigenvalue weighted by atomic mass is 127. The monoisotopic (exact) mass is 437 g/mol. The lowest BCUT2D eigenvalue weighted by molar-refractivity contribution is 0.874. The minimum atomic E-state index is -0.134. The fourth-order valence-electron chi connectivity index (χ4n) is 2.44. The van der Waals surface area contributed by atoms with Gasteiger partial charge >= 0.3 is 0 Å². The van der Waals surface area contributed by atoms with Crippen molar-refractivity contribution < 1.29 is 0 Å². The van der Waals surface area contributed by atoms with Crippen molar-refractivity contribution in [2.75, 3.05) is 0 Å². The molecule has 1 nitrogen and oxygen atoms in total. The number of rotatable bonds is 2. The van der Waals surface area contributed by atoms with E-state index in [1.54, 1.807) is 0 Å². The second kappa shape index (κ2) is 5.84. The first-order valence-corrected chi connectivity index (χ1v) is 8.22. The topological polar surface area (TPSA) is 26.0 Å². The predicted molar refractivity (Wildman–Crippen MR) is 96.8 cm³/mol. The van der Waals surface area contributed by atoms with E-state index in [1.807, 2.05) is 0 Å². The summed E-state index contributed by atoms with van der Waals surface area (Å²) in [5.74, 6) is 0. The predicted octanol–water partition coefficient (Wildman–Crippen LogP) is 5.26. The van der Waals surface area contributed by atoms with E-state index in [0.29, 0.717) is 0 Å². The molecule has 0 radical (unpaired) electrons. The lowest BCUT2D eigenvalue weighted by Gasteiger charge is -2.17. The van der Waals surface area contributed by atoms with E-state index in [-0.39, 0.29) is 6.04 Å². The van der Waals surface area contributed by atoms with E-state index in [0.717, 1.165) is 15.6 Å². The molecule has 0 fully saturated rings. The maximum atomic E-state index is 6.52. The lowest BCUT2D eigenvalue weighted by Crippen LogP contribution is -2.13. The minimum Gasteiger partial charge on any atom is -0.320 e. The zero-order chi connectivity index (χ0) is 14.1. The molecule has 0 spiro atoms. The molecule has 0 heterocycles. The molecule has 0 aromatic heterocycles. The van der Waals surface area contributed by atoms with E-state index < -0.39 is 0 Å². The quantitative estimate of drug-likeness (QED) is 0.544. The molecule has 1 unspecified atom stereocenters. The van der Waals surface area contributed by atoms with Gasteiger partial charge in [0.25, 0.3) is 0 Å². The van der Waals surface area contributed by atoms with Crippen LogP contribution in [0.1, 0.15) is 17.2 Å². The van der Waals surface area contributed by atoms with E-state index in [4.69, 9.17) is 5.73 Å². The Kier molecular flexibility index (Phi) is 4.10. The maximum absolute atomic E-state index is 6.52. The van der Waals surface area contributed by atoms with Crippen molar-refractivity contribution in [2.45, 2.75) is 6.04 Å². The highest BCUT2D eigenvalue weighted by Crippen LogP contribution is 2.32. The largest absolute Gasteiger partial charge is 0.320 e. The fourth-order valence-corrected chi connectivity index (χ4v) is 3.45. The second-order valence-electron chi connectivity index (χ2n) is 4.71. The zero-order valence-corrected chi connectivity index (χ0v) is 14.4. The number of halogens is 2. The van der Waals surface area contributed by atoms with E-state index in [9.17, 15) is 0 Å². The van der Waals surface area contributed by atoms with Crippen molar-refractivity contribution in [2.24, 2.45) is 5.73 Å². The van der Waals surface area contributed by atoms with Gasteiger partial charge in [0.1, 0.15) is 0 Å². The summed E-state index contributed by atoms with van der Waals surface area (Å²) in [5, 5.41) is 2.44. The molecule has 100 valence electrons. The van der Waals surface area contributed by atoms with Crippen LogP contribution in [0.15, 0.2) is 65.1 Å². The van der Waals surface area contributed by atoms with Crippen molar-refractivity contribution in [1.82, 2.24) is 0 Å². The summed E-state index contributed by atoms with van der Waals surface area (Å²) in [6, 6.07) is 20.8. The van der Waals surface area contributed by atoms with Crippen molar-refractivity contribution >= 4 is 49.3 Å². The average Bonchev–Trinajstić information content (AvgIpc) is 2.48. The Labute approximate surface area is 140 Å².